The number of alkyl halides is 3. The molecule has 0 radical (unpaired) electrons. The minimum Gasteiger partial charge on any atom is -0.396 e. The minimum atomic E-state index is -4.77. The summed E-state index contributed by atoms with van der Waals surface area (Å²) in [5, 5.41) is 18.5. The molecule has 0 aliphatic heterocycles. The van der Waals surface area contributed by atoms with Crippen molar-refractivity contribution >= 4 is 10.0 Å². The highest BCUT2D eigenvalue weighted by Crippen LogP contribution is 2.44. The molecule has 160 valence electrons. The van der Waals surface area contributed by atoms with Crippen LogP contribution in [0.4, 0.5) is 13.2 Å². The van der Waals surface area contributed by atoms with Crippen LogP contribution in [0.25, 0.3) is 22.4 Å². The molecule has 3 rings (SSSR count). The Morgan fingerprint density at radius 3 is 2.30 bits per heavy atom. The predicted molar refractivity (Wildman–Crippen MR) is 106 cm³/mol. The number of hydrogen-bond donors (Lipinski definition) is 2. The number of sulfonamides is 1. The van der Waals surface area contributed by atoms with E-state index in [1.165, 1.54) is 36.4 Å². The second kappa shape index (κ2) is 8.21. The molecule has 0 atom stereocenters. The lowest BCUT2D eigenvalue weighted by Crippen LogP contribution is -2.16. The van der Waals surface area contributed by atoms with Gasteiger partial charge in [-0.1, -0.05) is 48.0 Å². The van der Waals surface area contributed by atoms with Crippen molar-refractivity contribution in [2.24, 2.45) is 5.14 Å². The summed E-state index contributed by atoms with van der Waals surface area (Å²) in [5.41, 5.74) is -0.331. The van der Waals surface area contributed by atoms with Gasteiger partial charge in [0.25, 0.3) is 0 Å². The van der Waals surface area contributed by atoms with Crippen LogP contribution in [0.15, 0.2) is 53.4 Å². The number of benzene rings is 2. The number of aromatic nitrogens is 2. The fourth-order valence-corrected chi connectivity index (χ4v) is 3.96. The highest BCUT2D eigenvalue weighted by Gasteiger charge is 2.41. The fourth-order valence-electron chi connectivity index (χ4n) is 3.22. The highest BCUT2D eigenvalue weighted by molar-refractivity contribution is 7.89. The van der Waals surface area contributed by atoms with Crippen LogP contribution in [0.5, 0.6) is 0 Å². The van der Waals surface area contributed by atoms with E-state index in [4.69, 9.17) is 10.2 Å². The number of aliphatic hydroxyl groups excluding tert-OH is 1. The summed E-state index contributed by atoms with van der Waals surface area (Å²) in [6, 6.07) is 11.9. The van der Waals surface area contributed by atoms with Crippen LogP contribution in [-0.2, 0) is 22.7 Å². The maximum Gasteiger partial charge on any atom is 0.433 e. The van der Waals surface area contributed by atoms with E-state index in [-0.39, 0.29) is 46.9 Å². The van der Waals surface area contributed by atoms with Gasteiger partial charge in [0.1, 0.15) is 5.69 Å². The van der Waals surface area contributed by atoms with Crippen molar-refractivity contribution in [3.05, 3.63) is 59.8 Å². The summed E-state index contributed by atoms with van der Waals surface area (Å²) >= 11 is 0. The molecule has 0 aliphatic rings. The van der Waals surface area contributed by atoms with Crippen LogP contribution in [0.3, 0.4) is 0 Å². The monoisotopic (exact) mass is 439 g/mol. The van der Waals surface area contributed by atoms with Gasteiger partial charge in [-0.15, -0.1) is 0 Å². The summed E-state index contributed by atoms with van der Waals surface area (Å²) < 4.78 is 67.2. The Morgan fingerprint density at radius 1 is 1.10 bits per heavy atom. The number of rotatable bonds is 6. The normalized spacial score (nSPS) is 12.3. The van der Waals surface area contributed by atoms with Gasteiger partial charge in [0.15, 0.2) is 5.69 Å². The van der Waals surface area contributed by atoms with E-state index < -0.39 is 21.9 Å². The molecule has 0 bridgehead atoms. The molecule has 0 spiro atoms. The Labute approximate surface area is 171 Å². The molecular formula is C20H20F3N3O3S. The molecule has 30 heavy (non-hydrogen) atoms. The average molecular weight is 439 g/mol. The molecule has 2 aromatic carbocycles. The van der Waals surface area contributed by atoms with Crippen LogP contribution in [0.2, 0.25) is 0 Å². The van der Waals surface area contributed by atoms with E-state index in [0.717, 1.165) is 10.2 Å². The Bertz CT molecular complexity index is 1150. The maximum atomic E-state index is 14.1. The second-order valence-corrected chi connectivity index (χ2v) is 8.31. The molecule has 0 saturated carbocycles. The molecule has 10 heteroatoms. The Balaban J connectivity index is 2.41. The van der Waals surface area contributed by atoms with E-state index in [1.807, 2.05) is 0 Å². The minimum absolute atomic E-state index is 0.0242. The average Bonchev–Trinajstić information content (AvgIpc) is 3.06. The first-order valence-electron chi connectivity index (χ1n) is 9.02. The number of hydrogen-bond acceptors (Lipinski definition) is 4. The molecule has 0 unspecified atom stereocenters. The van der Waals surface area contributed by atoms with Gasteiger partial charge in [-0.05, 0) is 25.0 Å². The number of primary sulfonamides is 1. The number of nitrogens with zero attached hydrogens (tertiary/aromatic N) is 2. The second-order valence-electron chi connectivity index (χ2n) is 6.78. The largest absolute Gasteiger partial charge is 0.433 e. The van der Waals surface area contributed by atoms with Crippen molar-refractivity contribution in [1.82, 2.24) is 9.78 Å². The van der Waals surface area contributed by atoms with Gasteiger partial charge in [0.05, 0.1) is 4.90 Å². The van der Waals surface area contributed by atoms with E-state index in [0.29, 0.717) is 0 Å². The van der Waals surface area contributed by atoms with Crippen LogP contribution >= 0.6 is 0 Å². The highest BCUT2D eigenvalue weighted by atomic mass is 32.2. The molecule has 0 saturated heterocycles. The summed E-state index contributed by atoms with van der Waals surface area (Å²) in [5.74, 6) is 0. The topological polar surface area (TPSA) is 98.2 Å². The first kappa shape index (κ1) is 22.0. The summed E-state index contributed by atoms with van der Waals surface area (Å²) in [6.07, 6.45) is -4.72. The molecule has 1 heterocycles. The Kier molecular flexibility index (Phi) is 6.02. The lowest BCUT2D eigenvalue weighted by Gasteiger charge is -2.13. The van der Waals surface area contributed by atoms with E-state index in [9.17, 15) is 21.6 Å². The molecule has 1 aromatic heterocycles. The fraction of sp³-hybridized carbons (Fsp3) is 0.250. The summed E-state index contributed by atoms with van der Waals surface area (Å²) in [4.78, 5) is -0.320. The van der Waals surface area contributed by atoms with Gasteiger partial charge in [-0.3, -0.25) is 4.68 Å². The van der Waals surface area contributed by atoms with Crippen molar-refractivity contribution in [2.45, 2.75) is 31.0 Å². The zero-order valence-electron chi connectivity index (χ0n) is 16.0. The molecular weight excluding hydrogens is 419 g/mol. The van der Waals surface area contributed by atoms with Crippen molar-refractivity contribution < 1.29 is 26.7 Å². The van der Waals surface area contributed by atoms with Crippen molar-refractivity contribution in [3.63, 3.8) is 0 Å². The molecule has 0 amide bonds. The van der Waals surface area contributed by atoms with E-state index >= 15 is 0 Å². The van der Waals surface area contributed by atoms with Gasteiger partial charge in [-0.2, -0.15) is 18.3 Å². The summed E-state index contributed by atoms with van der Waals surface area (Å²) in [6.45, 7) is 1.29. The van der Waals surface area contributed by atoms with Crippen LogP contribution in [0.1, 0.15) is 17.7 Å². The van der Waals surface area contributed by atoms with Crippen molar-refractivity contribution in [1.29, 1.82) is 0 Å². The van der Waals surface area contributed by atoms with Gasteiger partial charge < -0.3 is 5.11 Å². The van der Waals surface area contributed by atoms with Gasteiger partial charge >= 0.3 is 6.18 Å². The third-order valence-corrected chi connectivity index (χ3v) is 5.51. The van der Waals surface area contributed by atoms with Crippen LogP contribution < -0.4 is 5.14 Å². The lowest BCUT2D eigenvalue weighted by atomic mass is 9.97. The third kappa shape index (κ3) is 4.40. The smallest absolute Gasteiger partial charge is 0.396 e. The third-order valence-electron chi connectivity index (χ3n) is 4.54. The standard InChI is InChI=1S/C20H20F3N3O3S/c1-13-7-9-14(10-8-13)17-18(15-5-2-3-6-16(15)30(24,28)29)25-26(11-4-12-27)19(17)20(21,22)23/h2-3,5-10,27H,4,11-12H2,1H3,(H2,24,28,29). The molecule has 0 fully saturated rings. The number of nitrogens with two attached hydrogens (primary N) is 1. The first-order chi connectivity index (χ1) is 14.0. The van der Waals surface area contributed by atoms with Gasteiger partial charge in [-0.25, -0.2) is 13.6 Å². The number of aryl methyl sites for hydroxylation is 2. The van der Waals surface area contributed by atoms with Crippen molar-refractivity contribution in [2.75, 3.05) is 6.61 Å². The van der Waals surface area contributed by atoms with Crippen LogP contribution in [0, 0.1) is 6.92 Å². The van der Waals surface area contributed by atoms with Gasteiger partial charge in [0.2, 0.25) is 10.0 Å². The molecule has 0 aliphatic carbocycles. The molecule has 3 aromatic rings. The molecule has 6 nitrogen and oxygen atoms in total. The number of aliphatic hydroxyl groups is 1. The van der Waals surface area contributed by atoms with E-state index in [1.54, 1.807) is 19.1 Å². The quantitative estimate of drug-likeness (QED) is 0.613. The van der Waals surface area contributed by atoms with E-state index in [2.05, 4.69) is 5.10 Å². The summed E-state index contributed by atoms with van der Waals surface area (Å²) in [7, 11) is -4.21. The van der Waals surface area contributed by atoms with Gasteiger partial charge in [0, 0.05) is 24.3 Å². The predicted octanol–water partition coefficient (Wildman–Crippen LogP) is 3.57. The first-order valence-corrected chi connectivity index (χ1v) is 10.6. The Morgan fingerprint density at radius 2 is 1.73 bits per heavy atom. The van der Waals surface area contributed by atoms with Crippen molar-refractivity contribution in [3.8, 4) is 22.4 Å². The molecule has 3 N–H and O–H groups in total. The zero-order chi connectivity index (χ0) is 22.1. The SMILES string of the molecule is Cc1ccc(-c2c(-c3ccccc3S(N)(=O)=O)nn(CCCO)c2C(F)(F)F)cc1. The number of halogens is 3. The van der Waals surface area contributed by atoms with Crippen LogP contribution in [-0.4, -0.2) is 29.9 Å². The Hall–Kier alpha value is -2.69. The maximum absolute atomic E-state index is 14.1. The zero-order valence-corrected chi connectivity index (χ0v) is 16.8. The lowest BCUT2D eigenvalue weighted by molar-refractivity contribution is -0.143.